The summed E-state index contributed by atoms with van der Waals surface area (Å²) in [5.41, 5.74) is 0.891. The van der Waals surface area contributed by atoms with Crippen LogP contribution in [0.2, 0.25) is 0 Å². The molecule has 0 aliphatic carbocycles. The van der Waals surface area contributed by atoms with Gasteiger partial charge in [-0.1, -0.05) is 12.1 Å². The molecule has 0 aliphatic rings. The van der Waals surface area contributed by atoms with E-state index in [1.807, 2.05) is 6.07 Å². The molecule has 0 unspecified atom stereocenters. The van der Waals surface area contributed by atoms with Gasteiger partial charge in [0.05, 0.1) is 10.6 Å². The summed E-state index contributed by atoms with van der Waals surface area (Å²) in [6.45, 7) is 0. The van der Waals surface area contributed by atoms with Gasteiger partial charge in [-0.15, -0.1) is 12.6 Å². The van der Waals surface area contributed by atoms with Gasteiger partial charge in [0.1, 0.15) is 0 Å². The Kier molecular flexibility index (Phi) is 3.82. The van der Waals surface area contributed by atoms with Crippen LogP contribution in [0.15, 0.2) is 53.4 Å². The molecule has 0 fully saturated rings. The second-order valence-electron chi connectivity index (χ2n) is 3.78. The molecule has 0 aromatic heterocycles. The van der Waals surface area contributed by atoms with Crippen molar-refractivity contribution in [2.75, 3.05) is 5.32 Å². The second kappa shape index (κ2) is 5.53. The standard InChI is InChI=1S/C13H10N2O3S/c16-13(14-11-3-1-2-4-12(11)19)9-5-7-10(8-6-9)15(17)18/h1-8,19H,(H,14,16). The third-order valence-corrected chi connectivity index (χ3v) is 2.88. The van der Waals surface area contributed by atoms with E-state index in [9.17, 15) is 14.9 Å². The highest BCUT2D eigenvalue weighted by molar-refractivity contribution is 7.80. The third kappa shape index (κ3) is 3.11. The van der Waals surface area contributed by atoms with Gasteiger partial charge in [0.25, 0.3) is 11.6 Å². The Bertz CT molecular complexity index is 626. The molecule has 1 amide bonds. The molecule has 2 aromatic rings. The van der Waals surface area contributed by atoms with Crippen LogP contribution in [0.3, 0.4) is 0 Å². The molecule has 2 aromatic carbocycles. The third-order valence-electron chi connectivity index (χ3n) is 2.49. The minimum atomic E-state index is -0.509. The maximum Gasteiger partial charge on any atom is 0.269 e. The first-order chi connectivity index (χ1) is 9.08. The van der Waals surface area contributed by atoms with E-state index < -0.39 is 4.92 Å². The van der Waals surface area contributed by atoms with Gasteiger partial charge in [0, 0.05) is 22.6 Å². The number of carbonyl (C=O) groups is 1. The summed E-state index contributed by atoms with van der Waals surface area (Å²) < 4.78 is 0. The van der Waals surface area contributed by atoms with E-state index in [-0.39, 0.29) is 11.6 Å². The first-order valence-electron chi connectivity index (χ1n) is 5.42. The van der Waals surface area contributed by atoms with Crippen LogP contribution in [0.4, 0.5) is 11.4 Å². The molecule has 5 nitrogen and oxygen atoms in total. The van der Waals surface area contributed by atoms with Crippen LogP contribution in [0.25, 0.3) is 0 Å². The van der Waals surface area contributed by atoms with E-state index in [2.05, 4.69) is 17.9 Å². The number of amides is 1. The highest BCUT2D eigenvalue weighted by atomic mass is 32.1. The highest BCUT2D eigenvalue weighted by Gasteiger charge is 2.10. The molecule has 1 N–H and O–H groups in total. The van der Waals surface area contributed by atoms with E-state index in [1.165, 1.54) is 24.3 Å². The average Bonchev–Trinajstić information content (AvgIpc) is 2.41. The fourth-order valence-corrected chi connectivity index (χ4v) is 1.72. The fraction of sp³-hybridized carbons (Fsp3) is 0. The maximum absolute atomic E-state index is 11.9. The normalized spacial score (nSPS) is 9.95. The topological polar surface area (TPSA) is 72.2 Å². The van der Waals surface area contributed by atoms with Crippen molar-refractivity contribution in [1.29, 1.82) is 0 Å². The molecular weight excluding hydrogens is 264 g/mol. The number of benzene rings is 2. The molecule has 0 atom stereocenters. The van der Waals surface area contributed by atoms with Crippen LogP contribution in [0, 0.1) is 10.1 Å². The van der Waals surface area contributed by atoms with E-state index in [0.717, 1.165) is 0 Å². The molecule has 0 aliphatic heterocycles. The lowest BCUT2D eigenvalue weighted by atomic mass is 10.2. The predicted molar refractivity (Wildman–Crippen MR) is 74.7 cm³/mol. The Morgan fingerprint density at radius 2 is 1.74 bits per heavy atom. The molecule has 0 saturated heterocycles. The van der Waals surface area contributed by atoms with Crippen molar-refractivity contribution in [3.8, 4) is 0 Å². The Morgan fingerprint density at radius 1 is 1.11 bits per heavy atom. The summed E-state index contributed by atoms with van der Waals surface area (Å²) in [6.07, 6.45) is 0. The maximum atomic E-state index is 11.9. The Labute approximate surface area is 114 Å². The summed E-state index contributed by atoms with van der Waals surface area (Å²) in [4.78, 5) is 22.6. The number of anilines is 1. The molecule has 19 heavy (non-hydrogen) atoms. The van der Waals surface area contributed by atoms with Crippen LogP contribution in [-0.2, 0) is 0 Å². The van der Waals surface area contributed by atoms with Gasteiger partial charge in [-0.05, 0) is 24.3 Å². The number of nitro groups is 1. The van der Waals surface area contributed by atoms with Gasteiger partial charge >= 0.3 is 0 Å². The van der Waals surface area contributed by atoms with Crippen molar-refractivity contribution in [3.05, 3.63) is 64.2 Å². The average molecular weight is 274 g/mol. The largest absolute Gasteiger partial charge is 0.321 e. The van der Waals surface area contributed by atoms with Crippen LogP contribution in [0.5, 0.6) is 0 Å². The molecule has 6 heteroatoms. The summed E-state index contributed by atoms with van der Waals surface area (Å²) in [5.74, 6) is -0.337. The number of non-ortho nitro benzene ring substituents is 1. The van der Waals surface area contributed by atoms with Crippen LogP contribution in [-0.4, -0.2) is 10.8 Å². The summed E-state index contributed by atoms with van der Waals surface area (Å²) in [6, 6.07) is 12.5. The van der Waals surface area contributed by atoms with Crippen LogP contribution in [0.1, 0.15) is 10.4 Å². The molecule has 0 radical (unpaired) electrons. The number of carbonyl (C=O) groups excluding carboxylic acids is 1. The zero-order valence-corrected chi connectivity index (χ0v) is 10.6. The van der Waals surface area contributed by atoms with Gasteiger partial charge in [-0.25, -0.2) is 0 Å². The number of nitro benzene ring substituents is 1. The van der Waals surface area contributed by atoms with E-state index in [4.69, 9.17) is 0 Å². The van der Waals surface area contributed by atoms with Crippen molar-refractivity contribution in [3.63, 3.8) is 0 Å². The number of nitrogens with zero attached hydrogens (tertiary/aromatic N) is 1. The monoisotopic (exact) mass is 274 g/mol. The van der Waals surface area contributed by atoms with E-state index in [1.54, 1.807) is 18.2 Å². The minimum Gasteiger partial charge on any atom is -0.321 e. The number of hydrogen-bond donors (Lipinski definition) is 2. The van der Waals surface area contributed by atoms with Crippen molar-refractivity contribution in [2.45, 2.75) is 4.90 Å². The molecule has 0 heterocycles. The van der Waals surface area contributed by atoms with Crippen LogP contribution >= 0.6 is 12.6 Å². The lowest BCUT2D eigenvalue weighted by Crippen LogP contribution is -2.12. The summed E-state index contributed by atoms with van der Waals surface area (Å²) >= 11 is 4.22. The fourth-order valence-electron chi connectivity index (χ4n) is 1.51. The van der Waals surface area contributed by atoms with Crippen molar-refractivity contribution >= 4 is 29.9 Å². The van der Waals surface area contributed by atoms with Crippen molar-refractivity contribution < 1.29 is 9.72 Å². The number of para-hydroxylation sites is 1. The van der Waals surface area contributed by atoms with Crippen molar-refractivity contribution in [1.82, 2.24) is 0 Å². The predicted octanol–water partition coefficient (Wildman–Crippen LogP) is 3.14. The zero-order chi connectivity index (χ0) is 13.8. The van der Waals surface area contributed by atoms with Gasteiger partial charge in [0.15, 0.2) is 0 Å². The highest BCUT2D eigenvalue weighted by Crippen LogP contribution is 2.20. The molecule has 0 saturated carbocycles. The quantitative estimate of drug-likeness (QED) is 0.513. The Balaban J connectivity index is 2.16. The summed E-state index contributed by atoms with van der Waals surface area (Å²) in [5, 5.41) is 13.2. The second-order valence-corrected chi connectivity index (χ2v) is 4.26. The first-order valence-corrected chi connectivity index (χ1v) is 5.86. The van der Waals surface area contributed by atoms with Gasteiger partial charge in [-0.3, -0.25) is 14.9 Å². The molecular formula is C13H10N2O3S. The Hall–Kier alpha value is -2.34. The first kappa shape index (κ1) is 13.1. The molecule has 2 rings (SSSR count). The molecule has 96 valence electrons. The van der Waals surface area contributed by atoms with Gasteiger partial charge in [-0.2, -0.15) is 0 Å². The zero-order valence-electron chi connectivity index (χ0n) is 9.74. The van der Waals surface area contributed by atoms with Gasteiger partial charge in [0.2, 0.25) is 0 Å². The lowest BCUT2D eigenvalue weighted by molar-refractivity contribution is -0.384. The smallest absolute Gasteiger partial charge is 0.269 e. The number of thiol groups is 1. The van der Waals surface area contributed by atoms with Crippen LogP contribution < -0.4 is 5.32 Å². The van der Waals surface area contributed by atoms with Crippen molar-refractivity contribution in [2.24, 2.45) is 0 Å². The number of nitrogens with one attached hydrogen (secondary N) is 1. The van der Waals surface area contributed by atoms with E-state index in [0.29, 0.717) is 16.1 Å². The minimum absolute atomic E-state index is 0.0499. The summed E-state index contributed by atoms with van der Waals surface area (Å²) in [7, 11) is 0. The van der Waals surface area contributed by atoms with E-state index >= 15 is 0 Å². The van der Waals surface area contributed by atoms with Gasteiger partial charge < -0.3 is 5.32 Å². The number of rotatable bonds is 3. The molecule has 0 bridgehead atoms. The SMILES string of the molecule is O=C(Nc1ccccc1S)c1ccc([N+](=O)[O-])cc1. The number of hydrogen-bond acceptors (Lipinski definition) is 4. The lowest BCUT2D eigenvalue weighted by Gasteiger charge is -2.07. The Morgan fingerprint density at radius 3 is 2.32 bits per heavy atom. The molecule has 0 spiro atoms.